The summed E-state index contributed by atoms with van der Waals surface area (Å²) in [5, 5.41) is 3.77. The average molecular weight is 216 g/mol. The van der Waals surface area contributed by atoms with Crippen molar-refractivity contribution in [3.05, 3.63) is 17.5 Å². The molecule has 0 aromatic carbocycles. The second kappa shape index (κ2) is 3.29. The summed E-state index contributed by atoms with van der Waals surface area (Å²) >= 11 is 0. The van der Waals surface area contributed by atoms with Crippen molar-refractivity contribution in [1.82, 2.24) is 9.78 Å². The Hall–Kier alpha value is -1.46. The quantitative estimate of drug-likeness (QED) is 0.699. The van der Waals surface area contributed by atoms with Crippen molar-refractivity contribution in [2.45, 2.75) is 25.8 Å². The minimum Gasteiger partial charge on any atom is -0.461 e. The van der Waals surface area contributed by atoms with E-state index in [9.17, 15) is 13.6 Å². The van der Waals surface area contributed by atoms with E-state index in [-0.39, 0.29) is 18.7 Å². The van der Waals surface area contributed by atoms with Crippen molar-refractivity contribution in [3.63, 3.8) is 0 Å². The molecule has 0 spiro atoms. The first-order chi connectivity index (χ1) is 7.02. The van der Waals surface area contributed by atoms with Crippen LogP contribution >= 0.6 is 0 Å². The largest absolute Gasteiger partial charge is 0.461 e. The number of halogens is 2. The minimum absolute atomic E-state index is 0.0994. The summed E-state index contributed by atoms with van der Waals surface area (Å²) in [5.41, 5.74) is 0.477. The van der Waals surface area contributed by atoms with Gasteiger partial charge in [0, 0.05) is 5.69 Å². The fourth-order valence-electron chi connectivity index (χ4n) is 1.58. The molecule has 0 aliphatic carbocycles. The number of alkyl halides is 2. The van der Waals surface area contributed by atoms with Gasteiger partial charge in [-0.15, -0.1) is 0 Å². The number of rotatable bonds is 2. The molecule has 2 heterocycles. The first-order valence-electron chi connectivity index (χ1n) is 4.63. The van der Waals surface area contributed by atoms with Crippen molar-refractivity contribution in [3.8, 4) is 0 Å². The van der Waals surface area contributed by atoms with E-state index in [1.807, 2.05) is 0 Å². The van der Waals surface area contributed by atoms with E-state index in [1.54, 1.807) is 6.92 Å². The molecule has 1 aliphatic rings. The van der Waals surface area contributed by atoms with Crippen molar-refractivity contribution in [2.24, 2.45) is 0 Å². The van der Waals surface area contributed by atoms with E-state index in [1.165, 1.54) is 6.07 Å². The maximum absolute atomic E-state index is 12.9. The molecule has 0 unspecified atom stereocenters. The molecule has 0 saturated heterocycles. The summed E-state index contributed by atoms with van der Waals surface area (Å²) in [4.78, 5) is 11.2. The lowest BCUT2D eigenvalue weighted by molar-refractivity contribution is 0.000616. The molecule has 6 heteroatoms. The van der Waals surface area contributed by atoms with Crippen LogP contribution in [-0.2, 0) is 17.7 Å². The number of carbonyl (C=O) groups excluding carboxylic acids is 1. The van der Waals surface area contributed by atoms with Crippen LogP contribution in [0.15, 0.2) is 6.07 Å². The Morgan fingerprint density at radius 3 is 3.07 bits per heavy atom. The first kappa shape index (κ1) is 10.1. The van der Waals surface area contributed by atoms with Crippen LogP contribution in [0, 0.1) is 0 Å². The molecule has 1 aromatic heterocycles. The van der Waals surface area contributed by atoms with E-state index in [0.717, 1.165) is 4.68 Å². The highest BCUT2D eigenvalue weighted by atomic mass is 19.3. The molecular weight excluding hydrogens is 206 g/mol. The van der Waals surface area contributed by atoms with Crippen LogP contribution in [0.3, 0.4) is 0 Å². The second-order valence-corrected chi connectivity index (χ2v) is 3.43. The number of hydrogen-bond acceptors (Lipinski definition) is 3. The Labute approximate surface area is 84.8 Å². The summed E-state index contributed by atoms with van der Waals surface area (Å²) in [6.45, 7) is 1.47. The van der Waals surface area contributed by atoms with E-state index < -0.39 is 18.4 Å². The highest BCUT2D eigenvalue weighted by Crippen LogP contribution is 2.29. The summed E-state index contributed by atoms with van der Waals surface area (Å²) in [7, 11) is 0. The smallest absolute Gasteiger partial charge is 0.358 e. The maximum atomic E-state index is 12.9. The standard InChI is InChI=1S/C9H10F2N2O2/c1-2-15-8(14)7-3-6-4-9(10,11)5-13(6)12-7/h3H,2,4-5H2,1H3. The highest BCUT2D eigenvalue weighted by molar-refractivity contribution is 5.87. The Morgan fingerprint density at radius 1 is 1.73 bits per heavy atom. The van der Waals surface area contributed by atoms with E-state index in [2.05, 4.69) is 5.10 Å². The van der Waals surface area contributed by atoms with Crippen LogP contribution in [0.5, 0.6) is 0 Å². The second-order valence-electron chi connectivity index (χ2n) is 3.43. The Morgan fingerprint density at radius 2 is 2.47 bits per heavy atom. The van der Waals surface area contributed by atoms with Gasteiger partial charge in [-0.1, -0.05) is 0 Å². The summed E-state index contributed by atoms with van der Waals surface area (Å²) < 4.78 is 31.6. The molecule has 0 fully saturated rings. The normalized spacial score (nSPS) is 17.5. The lowest BCUT2D eigenvalue weighted by Gasteiger charge is -2.05. The predicted molar refractivity (Wildman–Crippen MR) is 46.8 cm³/mol. The van der Waals surface area contributed by atoms with Gasteiger partial charge in [0.1, 0.15) is 6.54 Å². The van der Waals surface area contributed by atoms with Gasteiger partial charge in [-0.3, -0.25) is 4.68 Å². The van der Waals surface area contributed by atoms with Gasteiger partial charge >= 0.3 is 5.97 Å². The van der Waals surface area contributed by atoms with Crippen molar-refractivity contribution in [2.75, 3.05) is 6.61 Å². The van der Waals surface area contributed by atoms with Crippen LogP contribution in [0.2, 0.25) is 0 Å². The Balaban J connectivity index is 2.18. The molecule has 15 heavy (non-hydrogen) atoms. The number of ether oxygens (including phenoxy) is 1. The highest BCUT2D eigenvalue weighted by Gasteiger charge is 2.39. The molecule has 82 valence electrons. The molecule has 1 aromatic rings. The molecule has 0 N–H and O–H groups in total. The van der Waals surface area contributed by atoms with Gasteiger partial charge in [-0.25, -0.2) is 13.6 Å². The lowest BCUT2D eigenvalue weighted by Crippen LogP contribution is -2.18. The SMILES string of the molecule is CCOC(=O)c1cc2n(n1)CC(F)(F)C2. The Kier molecular flexibility index (Phi) is 2.21. The van der Waals surface area contributed by atoms with Gasteiger partial charge in [-0.05, 0) is 13.0 Å². The third-order valence-corrected chi connectivity index (χ3v) is 2.17. The van der Waals surface area contributed by atoms with E-state index in [4.69, 9.17) is 4.74 Å². The fourth-order valence-corrected chi connectivity index (χ4v) is 1.58. The van der Waals surface area contributed by atoms with Crippen LogP contribution in [0.25, 0.3) is 0 Å². The average Bonchev–Trinajstić information content (AvgIpc) is 2.57. The molecule has 1 aliphatic heterocycles. The lowest BCUT2D eigenvalue weighted by atomic mass is 10.2. The van der Waals surface area contributed by atoms with E-state index >= 15 is 0 Å². The van der Waals surface area contributed by atoms with Crippen LogP contribution in [-0.4, -0.2) is 28.3 Å². The Bertz CT molecular complexity index is 375. The maximum Gasteiger partial charge on any atom is 0.358 e. The predicted octanol–water partition coefficient (Wildman–Crippen LogP) is 1.25. The molecular formula is C9H10F2N2O2. The van der Waals surface area contributed by atoms with Crippen LogP contribution in [0.4, 0.5) is 8.78 Å². The third kappa shape index (κ3) is 1.84. The van der Waals surface area contributed by atoms with Gasteiger partial charge in [0.2, 0.25) is 0 Å². The van der Waals surface area contributed by atoms with Gasteiger partial charge in [0.05, 0.1) is 13.0 Å². The van der Waals surface area contributed by atoms with Gasteiger partial charge in [0.25, 0.3) is 5.92 Å². The summed E-state index contributed by atoms with van der Waals surface area (Å²) in [6.07, 6.45) is -0.362. The molecule has 2 rings (SSSR count). The first-order valence-corrected chi connectivity index (χ1v) is 4.63. The van der Waals surface area contributed by atoms with Crippen LogP contribution in [0.1, 0.15) is 23.1 Å². The molecule has 0 atom stereocenters. The van der Waals surface area contributed by atoms with E-state index in [0.29, 0.717) is 5.69 Å². The zero-order valence-electron chi connectivity index (χ0n) is 8.17. The zero-order valence-corrected chi connectivity index (χ0v) is 8.17. The third-order valence-electron chi connectivity index (χ3n) is 2.17. The molecule has 0 amide bonds. The molecule has 0 radical (unpaired) electrons. The summed E-state index contributed by atoms with van der Waals surface area (Å²) in [5.74, 6) is -3.31. The number of aromatic nitrogens is 2. The van der Waals surface area contributed by atoms with Crippen LogP contribution < -0.4 is 0 Å². The number of carbonyl (C=O) groups is 1. The molecule has 0 bridgehead atoms. The van der Waals surface area contributed by atoms with Crippen molar-refractivity contribution >= 4 is 5.97 Å². The van der Waals surface area contributed by atoms with Crippen molar-refractivity contribution < 1.29 is 18.3 Å². The number of esters is 1. The van der Waals surface area contributed by atoms with Gasteiger partial charge in [-0.2, -0.15) is 5.10 Å². The molecule has 0 saturated carbocycles. The van der Waals surface area contributed by atoms with Gasteiger partial charge in [0.15, 0.2) is 5.69 Å². The zero-order chi connectivity index (χ0) is 11.1. The van der Waals surface area contributed by atoms with Gasteiger partial charge < -0.3 is 4.74 Å². The van der Waals surface area contributed by atoms with Crippen molar-refractivity contribution in [1.29, 1.82) is 0 Å². The number of fused-ring (bicyclic) bond motifs is 1. The summed E-state index contributed by atoms with van der Waals surface area (Å²) in [6, 6.07) is 1.36. The molecule has 4 nitrogen and oxygen atoms in total. The monoisotopic (exact) mass is 216 g/mol. The topological polar surface area (TPSA) is 44.1 Å². The number of hydrogen-bond donors (Lipinski definition) is 0. The minimum atomic E-state index is -2.74. The fraction of sp³-hybridized carbons (Fsp3) is 0.556. The number of nitrogens with zero attached hydrogens (tertiary/aromatic N) is 2.